The lowest BCUT2D eigenvalue weighted by atomic mass is 10.2. The molecule has 2 N–H and O–H groups in total. The molecular formula is C36H38N6O4. The van der Waals surface area contributed by atoms with Crippen molar-refractivity contribution in [2.45, 2.75) is 46.1 Å². The molecule has 2 aromatic heterocycles. The van der Waals surface area contributed by atoms with Crippen molar-refractivity contribution < 1.29 is 19.1 Å². The third kappa shape index (κ3) is 8.78. The number of hydrogen-bond donors (Lipinski definition) is 2. The van der Waals surface area contributed by atoms with Gasteiger partial charge >= 0.3 is 11.9 Å². The van der Waals surface area contributed by atoms with Crippen LogP contribution < -0.4 is 10.6 Å². The van der Waals surface area contributed by atoms with Gasteiger partial charge in [0.15, 0.2) is 5.82 Å². The minimum absolute atomic E-state index is 0.314. The summed E-state index contributed by atoms with van der Waals surface area (Å²) in [4.78, 5) is 38.8. The number of nitrogens with one attached hydrogen (secondary N) is 2. The third-order valence-corrected chi connectivity index (χ3v) is 7.11. The molecule has 0 fully saturated rings. The summed E-state index contributed by atoms with van der Waals surface area (Å²) in [5.41, 5.74) is 4.28. The highest BCUT2D eigenvalue weighted by molar-refractivity contribution is 5.90. The van der Waals surface area contributed by atoms with Gasteiger partial charge in [-0.2, -0.15) is 15.0 Å². The summed E-state index contributed by atoms with van der Waals surface area (Å²) in [5.74, 6) is 0.388. The molecule has 10 nitrogen and oxygen atoms in total. The number of benzene rings is 3. The zero-order valence-electron chi connectivity index (χ0n) is 26.1. The summed E-state index contributed by atoms with van der Waals surface area (Å²) in [5, 5.41) is 6.49. The Morgan fingerprint density at radius 2 is 1.17 bits per heavy atom. The van der Waals surface area contributed by atoms with Crippen LogP contribution in [0.25, 0.3) is 11.5 Å². The maximum atomic E-state index is 12.4. The molecule has 0 saturated heterocycles. The van der Waals surface area contributed by atoms with Gasteiger partial charge in [0, 0.05) is 24.1 Å². The molecule has 0 spiro atoms. The maximum absolute atomic E-state index is 12.4. The molecule has 0 unspecified atom stereocenters. The van der Waals surface area contributed by atoms with Gasteiger partial charge in [0.2, 0.25) is 11.9 Å². The number of carbonyl (C=O) groups excluding carboxylic acids is 2. The van der Waals surface area contributed by atoms with E-state index in [0.717, 1.165) is 36.9 Å². The summed E-state index contributed by atoms with van der Waals surface area (Å²) in [6, 6.07) is 28.0. The summed E-state index contributed by atoms with van der Waals surface area (Å²) in [6.07, 6.45) is 5.55. The van der Waals surface area contributed by atoms with Gasteiger partial charge in [-0.15, -0.1) is 0 Å². The number of esters is 2. The molecule has 0 radical (unpaired) electrons. The molecule has 236 valence electrons. The zero-order valence-corrected chi connectivity index (χ0v) is 26.1. The predicted molar refractivity (Wildman–Crippen MR) is 179 cm³/mol. The Balaban J connectivity index is 1.39. The number of ether oxygens (including phenoxy) is 2. The van der Waals surface area contributed by atoms with Crippen molar-refractivity contribution in [3.05, 3.63) is 114 Å². The lowest BCUT2D eigenvalue weighted by molar-refractivity contribution is 0.0490. The number of aromatic nitrogens is 4. The fourth-order valence-corrected chi connectivity index (χ4v) is 4.56. The van der Waals surface area contributed by atoms with E-state index in [1.165, 1.54) is 0 Å². The topological polar surface area (TPSA) is 120 Å². The monoisotopic (exact) mass is 618 g/mol. The first-order valence-electron chi connectivity index (χ1n) is 15.6. The van der Waals surface area contributed by atoms with E-state index in [0.29, 0.717) is 60.0 Å². The highest BCUT2D eigenvalue weighted by atomic mass is 16.5. The highest BCUT2D eigenvalue weighted by Crippen LogP contribution is 2.24. The molecule has 3 aromatic carbocycles. The van der Waals surface area contributed by atoms with Crippen molar-refractivity contribution >= 4 is 35.2 Å². The Morgan fingerprint density at radius 1 is 0.652 bits per heavy atom. The van der Waals surface area contributed by atoms with Crippen LogP contribution in [0.2, 0.25) is 0 Å². The van der Waals surface area contributed by atoms with E-state index in [1.54, 1.807) is 48.5 Å². The van der Waals surface area contributed by atoms with Crippen molar-refractivity contribution in [3.63, 3.8) is 0 Å². The van der Waals surface area contributed by atoms with Crippen LogP contribution in [0.1, 0.15) is 65.8 Å². The normalized spacial score (nSPS) is 10.7. The van der Waals surface area contributed by atoms with Gasteiger partial charge in [0.05, 0.1) is 30.0 Å². The first kappa shape index (κ1) is 31.9. The molecule has 0 aliphatic heterocycles. The van der Waals surface area contributed by atoms with E-state index >= 15 is 0 Å². The van der Waals surface area contributed by atoms with Crippen LogP contribution in [-0.4, -0.2) is 44.7 Å². The minimum Gasteiger partial charge on any atom is -0.462 e. The van der Waals surface area contributed by atoms with Gasteiger partial charge in [-0.3, -0.25) is 0 Å². The first-order valence-corrected chi connectivity index (χ1v) is 15.6. The number of nitrogens with zero attached hydrogens (tertiary/aromatic N) is 4. The van der Waals surface area contributed by atoms with Crippen molar-refractivity contribution in [2.75, 3.05) is 23.8 Å². The number of rotatable bonds is 15. The fourth-order valence-electron chi connectivity index (χ4n) is 4.56. The largest absolute Gasteiger partial charge is 0.462 e. The Bertz CT molecular complexity index is 1630. The van der Waals surface area contributed by atoms with E-state index in [4.69, 9.17) is 19.4 Å². The van der Waals surface area contributed by atoms with Crippen LogP contribution in [0.15, 0.2) is 97.2 Å². The van der Waals surface area contributed by atoms with Gasteiger partial charge < -0.3 is 24.7 Å². The number of anilines is 4. The zero-order chi connectivity index (χ0) is 32.1. The first-order chi connectivity index (χ1) is 22.5. The van der Waals surface area contributed by atoms with Crippen LogP contribution in [0.3, 0.4) is 0 Å². The molecule has 0 atom stereocenters. The summed E-state index contributed by atoms with van der Waals surface area (Å²) in [7, 11) is 0. The van der Waals surface area contributed by atoms with Crippen LogP contribution in [-0.2, 0) is 16.0 Å². The second kappa shape index (κ2) is 16.0. The Labute approximate surface area is 268 Å². The summed E-state index contributed by atoms with van der Waals surface area (Å²) < 4.78 is 12.7. The fraction of sp³-hybridized carbons (Fsp3) is 0.250. The summed E-state index contributed by atoms with van der Waals surface area (Å²) in [6.45, 7) is 5.54. The molecule has 0 amide bonds. The molecular weight excluding hydrogens is 580 g/mol. The van der Waals surface area contributed by atoms with Crippen molar-refractivity contribution in [1.29, 1.82) is 0 Å². The lowest BCUT2D eigenvalue weighted by Crippen LogP contribution is -2.09. The molecule has 5 aromatic rings. The average molecular weight is 619 g/mol. The van der Waals surface area contributed by atoms with Crippen molar-refractivity contribution in [3.8, 4) is 11.5 Å². The van der Waals surface area contributed by atoms with Crippen LogP contribution in [0, 0.1) is 0 Å². The predicted octanol–water partition coefficient (Wildman–Crippen LogP) is 7.79. The number of carbonyl (C=O) groups is 2. The molecule has 0 bridgehead atoms. The Kier molecular flexibility index (Phi) is 11.1. The van der Waals surface area contributed by atoms with E-state index in [9.17, 15) is 9.59 Å². The maximum Gasteiger partial charge on any atom is 0.338 e. The molecule has 46 heavy (non-hydrogen) atoms. The average Bonchev–Trinajstić information content (AvgIpc) is 3.54. The van der Waals surface area contributed by atoms with Gasteiger partial charge in [-0.05, 0) is 79.1 Å². The van der Waals surface area contributed by atoms with Crippen LogP contribution >= 0.6 is 0 Å². The van der Waals surface area contributed by atoms with E-state index < -0.39 is 0 Å². The third-order valence-electron chi connectivity index (χ3n) is 7.11. The van der Waals surface area contributed by atoms with Gasteiger partial charge in [-0.1, -0.05) is 57.0 Å². The van der Waals surface area contributed by atoms with Crippen LogP contribution in [0.5, 0.6) is 0 Å². The van der Waals surface area contributed by atoms with Crippen LogP contribution in [0.4, 0.5) is 23.3 Å². The van der Waals surface area contributed by atoms with Gasteiger partial charge in [0.25, 0.3) is 0 Å². The highest BCUT2D eigenvalue weighted by Gasteiger charge is 2.15. The Hall–Kier alpha value is -5.51. The van der Waals surface area contributed by atoms with Crippen molar-refractivity contribution in [1.82, 2.24) is 19.5 Å². The molecule has 10 heteroatoms. The molecule has 5 rings (SSSR count). The van der Waals surface area contributed by atoms with Gasteiger partial charge in [0.1, 0.15) is 0 Å². The smallest absolute Gasteiger partial charge is 0.338 e. The minimum atomic E-state index is -0.353. The van der Waals surface area contributed by atoms with Gasteiger partial charge in [-0.25, -0.2) is 9.59 Å². The SMILES string of the molecule is CCCCOC(=O)c1ccc(Nc2nc(Nc3ccc(C(=O)OCCCC)cc3)nc(-c3cccn3Cc3ccccc3)n2)cc1. The van der Waals surface area contributed by atoms with Crippen molar-refractivity contribution in [2.24, 2.45) is 0 Å². The Morgan fingerprint density at radius 3 is 1.67 bits per heavy atom. The standard InChI is InChI=1S/C36H38N6O4/c1-3-5-23-45-33(43)27-14-18-29(19-15-27)37-35-39-32(31-13-10-22-42(31)25-26-11-8-7-9-12-26)40-36(41-35)38-30-20-16-28(17-21-30)34(44)46-24-6-4-2/h7-22H,3-6,23-25H2,1-2H3,(H2,37,38,39,40,41). The lowest BCUT2D eigenvalue weighted by Gasteiger charge is -2.13. The second-order valence-electron chi connectivity index (χ2n) is 10.7. The number of hydrogen-bond acceptors (Lipinski definition) is 9. The summed E-state index contributed by atoms with van der Waals surface area (Å²) >= 11 is 0. The molecule has 0 aliphatic rings. The second-order valence-corrected chi connectivity index (χ2v) is 10.7. The number of unbranched alkanes of at least 4 members (excludes halogenated alkanes) is 2. The quantitative estimate of drug-likeness (QED) is 0.0895. The van der Waals surface area contributed by atoms with E-state index in [1.807, 2.05) is 50.4 Å². The molecule has 0 saturated carbocycles. The molecule has 2 heterocycles. The molecule has 0 aliphatic carbocycles. The van der Waals surface area contributed by atoms with E-state index in [-0.39, 0.29) is 11.9 Å². The van der Waals surface area contributed by atoms with E-state index in [2.05, 4.69) is 32.3 Å².